The van der Waals surface area contributed by atoms with Crippen molar-refractivity contribution < 1.29 is 0 Å². The molecule has 0 unspecified atom stereocenters. The average molecular weight is 335 g/mol. The maximum absolute atomic E-state index is 4.25. The van der Waals surface area contributed by atoms with Gasteiger partial charge in [0.15, 0.2) is 0 Å². The first kappa shape index (κ1) is 14.6. The van der Waals surface area contributed by atoms with Crippen LogP contribution in [-0.4, -0.2) is 18.4 Å². The molecule has 0 aromatic heterocycles. The Hall–Kier alpha value is -0.501. The van der Waals surface area contributed by atoms with Gasteiger partial charge < -0.3 is 0 Å². The molecule has 0 aliphatic carbocycles. The zero-order valence-electron chi connectivity index (χ0n) is 11.7. The van der Waals surface area contributed by atoms with Crippen LogP contribution in [-0.2, 0) is 5.41 Å². The molecule has 0 amide bonds. The SMILES string of the molecule is C=C(/C=[CH]\[Sn]([CH3])([CH3])[CH3])C(C)(C)c1ccccc1. The Morgan fingerprint density at radius 3 is 2.12 bits per heavy atom. The van der Waals surface area contributed by atoms with E-state index >= 15 is 0 Å². The molecule has 0 saturated carbocycles. The standard InChI is InChI=1S/C13H15.3CH3.Sn/c1-5-11(2)13(3,4)12-9-7-6-8-10-12;;;;/h1,5-10H,2H2,3-4H3;3*1H3;. The summed E-state index contributed by atoms with van der Waals surface area (Å²) in [6.07, 6.45) is 2.25. The monoisotopic (exact) mass is 336 g/mol. The Kier molecular flexibility index (Phi) is 4.65. The summed E-state index contributed by atoms with van der Waals surface area (Å²) < 4.78 is 2.43. The minimum absolute atomic E-state index is 0.0227. The van der Waals surface area contributed by atoms with Gasteiger partial charge in [0.2, 0.25) is 0 Å². The Labute approximate surface area is 110 Å². The van der Waals surface area contributed by atoms with Crippen LogP contribution < -0.4 is 0 Å². The van der Waals surface area contributed by atoms with E-state index in [2.05, 4.69) is 75.7 Å². The number of allylic oxidation sites excluding steroid dienone is 2. The second-order valence-electron chi connectivity index (χ2n) is 6.22. The summed E-state index contributed by atoms with van der Waals surface area (Å²) in [7, 11) is 0. The molecule has 0 bridgehead atoms. The zero-order valence-corrected chi connectivity index (χ0v) is 14.6. The van der Waals surface area contributed by atoms with Crippen molar-refractivity contribution in [1.29, 1.82) is 0 Å². The second-order valence-corrected chi connectivity index (χ2v) is 20.7. The molecule has 0 radical (unpaired) electrons. The fourth-order valence-electron chi connectivity index (χ4n) is 1.60. The number of benzene rings is 1. The first-order chi connectivity index (χ1) is 7.73. The van der Waals surface area contributed by atoms with Crippen LogP contribution in [0.3, 0.4) is 0 Å². The molecule has 0 spiro atoms. The molecule has 1 heteroatoms. The van der Waals surface area contributed by atoms with E-state index in [0.29, 0.717) is 0 Å². The zero-order chi connectivity index (χ0) is 13.1. The molecule has 0 nitrogen and oxygen atoms in total. The summed E-state index contributed by atoms with van der Waals surface area (Å²) in [6, 6.07) is 10.6. The van der Waals surface area contributed by atoms with E-state index in [4.69, 9.17) is 0 Å². The molecular formula is C16H24Sn. The van der Waals surface area contributed by atoms with Gasteiger partial charge in [-0.3, -0.25) is 0 Å². The van der Waals surface area contributed by atoms with E-state index in [1.165, 1.54) is 11.1 Å². The predicted molar refractivity (Wildman–Crippen MR) is 81.1 cm³/mol. The Morgan fingerprint density at radius 1 is 1.12 bits per heavy atom. The van der Waals surface area contributed by atoms with E-state index in [9.17, 15) is 0 Å². The van der Waals surface area contributed by atoms with Crippen LogP contribution >= 0.6 is 0 Å². The average Bonchev–Trinajstić information content (AvgIpc) is 2.26. The molecule has 0 N–H and O–H groups in total. The molecule has 0 atom stereocenters. The first-order valence-electron chi connectivity index (χ1n) is 6.17. The maximum atomic E-state index is 4.25. The Morgan fingerprint density at radius 2 is 1.65 bits per heavy atom. The van der Waals surface area contributed by atoms with Gasteiger partial charge in [0.25, 0.3) is 0 Å². The summed E-state index contributed by atoms with van der Waals surface area (Å²) >= 11 is -1.83. The van der Waals surface area contributed by atoms with E-state index in [0.717, 1.165) is 0 Å². The van der Waals surface area contributed by atoms with Crippen molar-refractivity contribution in [1.82, 2.24) is 0 Å². The van der Waals surface area contributed by atoms with Crippen LogP contribution in [0, 0.1) is 0 Å². The molecule has 0 heterocycles. The van der Waals surface area contributed by atoms with Gasteiger partial charge in [-0.1, -0.05) is 0 Å². The van der Waals surface area contributed by atoms with Crippen molar-refractivity contribution in [2.24, 2.45) is 0 Å². The second kappa shape index (κ2) is 5.43. The van der Waals surface area contributed by atoms with Crippen LogP contribution in [0.15, 0.2) is 52.7 Å². The van der Waals surface area contributed by atoms with Gasteiger partial charge in [-0.2, -0.15) is 0 Å². The number of hydrogen-bond acceptors (Lipinski definition) is 0. The van der Waals surface area contributed by atoms with Gasteiger partial charge in [-0.25, -0.2) is 0 Å². The van der Waals surface area contributed by atoms with Crippen molar-refractivity contribution >= 4 is 18.4 Å². The van der Waals surface area contributed by atoms with Gasteiger partial charge in [0, 0.05) is 0 Å². The van der Waals surface area contributed by atoms with Gasteiger partial charge in [-0.15, -0.1) is 0 Å². The summed E-state index contributed by atoms with van der Waals surface area (Å²) in [5.41, 5.74) is 2.56. The summed E-state index contributed by atoms with van der Waals surface area (Å²) in [5.74, 6) is 0. The fourth-order valence-corrected chi connectivity index (χ4v) is 3.60. The Bertz CT molecular complexity index is 405. The van der Waals surface area contributed by atoms with E-state index in [1.54, 1.807) is 0 Å². The fraction of sp³-hybridized carbons (Fsp3) is 0.375. The third-order valence-corrected chi connectivity index (χ3v) is 6.41. The van der Waals surface area contributed by atoms with Crippen molar-refractivity contribution in [2.45, 2.75) is 34.1 Å². The molecule has 17 heavy (non-hydrogen) atoms. The van der Waals surface area contributed by atoms with Crippen molar-refractivity contribution in [3.05, 3.63) is 58.2 Å². The van der Waals surface area contributed by atoms with Crippen molar-refractivity contribution in [3.8, 4) is 0 Å². The molecule has 0 aliphatic heterocycles. The van der Waals surface area contributed by atoms with Gasteiger partial charge >= 0.3 is 111 Å². The molecule has 92 valence electrons. The van der Waals surface area contributed by atoms with Crippen molar-refractivity contribution in [2.75, 3.05) is 0 Å². The quantitative estimate of drug-likeness (QED) is 0.539. The third-order valence-electron chi connectivity index (χ3n) is 3.08. The van der Waals surface area contributed by atoms with Gasteiger partial charge in [0.1, 0.15) is 0 Å². The number of rotatable bonds is 4. The molecule has 1 aromatic carbocycles. The van der Waals surface area contributed by atoms with Crippen LogP contribution in [0.4, 0.5) is 0 Å². The number of hydrogen-bond donors (Lipinski definition) is 0. The first-order valence-corrected chi connectivity index (χ1v) is 16.4. The molecule has 1 aromatic rings. The molecule has 0 saturated heterocycles. The normalized spacial score (nSPS) is 13.0. The van der Waals surface area contributed by atoms with E-state index in [-0.39, 0.29) is 5.41 Å². The van der Waals surface area contributed by atoms with Crippen LogP contribution in [0.1, 0.15) is 19.4 Å². The molecule has 0 fully saturated rings. The third kappa shape index (κ3) is 4.34. The Balaban J connectivity index is 2.92. The van der Waals surface area contributed by atoms with Gasteiger partial charge in [-0.05, 0) is 0 Å². The van der Waals surface area contributed by atoms with Crippen LogP contribution in [0.25, 0.3) is 0 Å². The molecular weight excluding hydrogens is 311 g/mol. The van der Waals surface area contributed by atoms with E-state index < -0.39 is 18.4 Å². The van der Waals surface area contributed by atoms with E-state index in [1.807, 2.05) is 0 Å². The summed E-state index contributed by atoms with van der Waals surface area (Å²) in [5, 5.41) is 0. The van der Waals surface area contributed by atoms with Crippen LogP contribution in [0.2, 0.25) is 14.8 Å². The summed E-state index contributed by atoms with van der Waals surface area (Å²) in [6.45, 7) is 8.74. The van der Waals surface area contributed by atoms with Crippen LogP contribution in [0.5, 0.6) is 0 Å². The molecule has 1 rings (SSSR count). The van der Waals surface area contributed by atoms with Crippen molar-refractivity contribution in [3.63, 3.8) is 0 Å². The van der Waals surface area contributed by atoms with Gasteiger partial charge in [0.05, 0.1) is 0 Å². The topological polar surface area (TPSA) is 0 Å². The predicted octanol–water partition coefficient (Wildman–Crippen LogP) is 4.95. The molecule has 0 aliphatic rings. The summed E-state index contributed by atoms with van der Waals surface area (Å²) in [4.78, 5) is 7.23. The minimum atomic E-state index is -1.83.